The molecule has 0 aromatic rings. The zero-order valence-corrected chi connectivity index (χ0v) is 12.5. The Hall–Kier alpha value is -0.240. The van der Waals surface area contributed by atoms with Crippen molar-refractivity contribution in [1.29, 1.82) is 0 Å². The van der Waals surface area contributed by atoms with Crippen molar-refractivity contribution in [2.45, 2.75) is 44.5 Å². The van der Waals surface area contributed by atoms with Gasteiger partial charge in [-0.15, -0.1) is 0 Å². The highest BCUT2D eigenvalue weighted by Gasteiger charge is 2.35. The van der Waals surface area contributed by atoms with E-state index in [2.05, 4.69) is 0 Å². The number of rotatable bonds is 5. The second-order valence-electron chi connectivity index (χ2n) is 4.82. The maximum absolute atomic E-state index is 12.3. The quantitative estimate of drug-likeness (QED) is 0.720. The van der Waals surface area contributed by atoms with Gasteiger partial charge in [-0.2, -0.15) is 0 Å². The average Bonchev–Trinajstić information content (AvgIpc) is 2.29. The first kappa shape index (κ1) is 15.8. The number of hydrogen-bond donors (Lipinski definition) is 2. The first-order chi connectivity index (χ1) is 8.30. The van der Waals surface area contributed by atoms with Gasteiger partial charge < -0.3 is 10.8 Å². The van der Waals surface area contributed by atoms with E-state index in [1.807, 2.05) is 0 Å². The van der Waals surface area contributed by atoms with Gasteiger partial charge in [0.2, 0.25) is 10.0 Å². The number of aliphatic hydroxyl groups excluding tert-OH is 1. The Morgan fingerprint density at radius 3 is 2.33 bits per heavy atom. The Kier molecular flexibility index (Phi) is 5.51. The van der Waals surface area contributed by atoms with Crippen molar-refractivity contribution in [3.63, 3.8) is 0 Å². The lowest BCUT2D eigenvalue weighted by molar-refractivity contribution is 0.0911. The van der Waals surface area contributed by atoms with Crippen molar-refractivity contribution in [1.82, 2.24) is 4.31 Å². The summed E-state index contributed by atoms with van der Waals surface area (Å²) >= 11 is 4.83. The molecule has 0 bridgehead atoms. The van der Waals surface area contributed by atoms with Crippen LogP contribution in [0.4, 0.5) is 0 Å². The summed E-state index contributed by atoms with van der Waals surface area (Å²) in [6.07, 6.45) is 1.39. The first-order valence-corrected chi connectivity index (χ1v) is 8.18. The van der Waals surface area contributed by atoms with E-state index in [0.717, 1.165) is 0 Å². The van der Waals surface area contributed by atoms with Crippen molar-refractivity contribution in [2.24, 2.45) is 11.7 Å². The fraction of sp³-hybridized carbons (Fsp3) is 0.909. The molecule has 5 nitrogen and oxygen atoms in total. The molecule has 0 spiro atoms. The minimum absolute atomic E-state index is 0.0372. The molecule has 18 heavy (non-hydrogen) atoms. The Morgan fingerprint density at radius 2 is 2.00 bits per heavy atom. The van der Waals surface area contributed by atoms with Crippen LogP contribution < -0.4 is 5.73 Å². The summed E-state index contributed by atoms with van der Waals surface area (Å²) in [5, 5.41) is 8.73. The van der Waals surface area contributed by atoms with Crippen LogP contribution in [0.3, 0.4) is 0 Å². The third-order valence-corrected chi connectivity index (χ3v) is 6.41. The number of piperidine rings is 1. The average molecular weight is 294 g/mol. The smallest absolute Gasteiger partial charge is 0.223 e. The lowest BCUT2D eigenvalue weighted by Crippen LogP contribution is -2.48. The summed E-state index contributed by atoms with van der Waals surface area (Å²) in [7, 11) is -3.44. The van der Waals surface area contributed by atoms with E-state index >= 15 is 0 Å². The fourth-order valence-corrected chi connectivity index (χ4v) is 4.68. The van der Waals surface area contributed by atoms with Gasteiger partial charge in [0.1, 0.15) is 5.25 Å². The van der Waals surface area contributed by atoms with Gasteiger partial charge in [0.15, 0.2) is 0 Å². The van der Waals surface area contributed by atoms with Gasteiger partial charge >= 0.3 is 0 Å². The monoisotopic (exact) mass is 294 g/mol. The first-order valence-electron chi connectivity index (χ1n) is 6.27. The minimum atomic E-state index is -3.44. The van der Waals surface area contributed by atoms with Crippen molar-refractivity contribution in [3.8, 4) is 0 Å². The molecule has 1 aliphatic rings. The highest BCUT2D eigenvalue weighted by atomic mass is 32.2. The lowest BCUT2D eigenvalue weighted by Gasteiger charge is -2.34. The van der Waals surface area contributed by atoms with Crippen molar-refractivity contribution >= 4 is 27.2 Å². The van der Waals surface area contributed by atoms with Crippen LogP contribution in [-0.2, 0) is 10.0 Å². The summed E-state index contributed by atoms with van der Waals surface area (Å²) in [4.78, 5) is 0.0372. The second kappa shape index (κ2) is 6.27. The van der Waals surface area contributed by atoms with Gasteiger partial charge in [-0.25, -0.2) is 12.7 Å². The van der Waals surface area contributed by atoms with E-state index in [1.165, 1.54) is 4.31 Å². The van der Waals surface area contributed by atoms with Crippen LogP contribution in [0.5, 0.6) is 0 Å². The molecule has 7 heteroatoms. The van der Waals surface area contributed by atoms with E-state index in [1.54, 1.807) is 13.8 Å². The van der Waals surface area contributed by atoms with Crippen LogP contribution >= 0.6 is 12.2 Å². The van der Waals surface area contributed by atoms with Crippen molar-refractivity contribution in [3.05, 3.63) is 0 Å². The van der Waals surface area contributed by atoms with Crippen LogP contribution in [0, 0.1) is 5.92 Å². The predicted molar refractivity (Wildman–Crippen MR) is 75.8 cm³/mol. The van der Waals surface area contributed by atoms with E-state index < -0.39 is 15.3 Å². The maximum Gasteiger partial charge on any atom is 0.223 e. The van der Waals surface area contributed by atoms with Gasteiger partial charge in [-0.3, -0.25) is 0 Å². The minimum Gasteiger partial charge on any atom is -0.393 e. The number of hydrogen-bond acceptors (Lipinski definition) is 4. The molecule has 1 saturated heterocycles. The standard InChI is InChI=1S/C11H22N2O3S2/c1-3-10(11(12)17)18(15,16)13-6-4-9(5-7-13)8(2)14/h8-10,14H,3-7H2,1-2H3,(H2,12,17). The van der Waals surface area contributed by atoms with E-state index in [4.69, 9.17) is 18.0 Å². The summed E-state index contributed by atoms with van der Waals surface area (Å²) in [6.45, 7) is 4.40. The molecule has 2 atom stereocenters. The number of sulfonamides is 1. The van der Waals surface area contributed by atoms with Gasteiger partial charge in [0.25, 0.3) is 0 Å². The summed E-state index contributed by atoms with van der Waals surface area (Å²) in [5.41, 5.74) is 5.50. The van der Waals surface area contributed by atoms with Crippen LogP contribution in [0.25, 0.3) is 0 Å². The summed E-state index contributed by atoms with van der Waals surface area (Å²) in [5.74, 6) is 0.182. The van der Waals surface area contributed by atoms with Gasteiger partial charge in [-0.05, 0) is 32.1 Å². The van der Waals surface area contributed by atoms with Gasteiger partial charge in [0, 0.05) is 13.1 Å². The molecule has 1 heterocycles. The zero-order valence-electron chi connectivity index (χ0n) is 10.9. The van der Waals surface area contributed by atoms with Crippen LogP contribution in [-0.4, -0.2) is 47.3 Å². The number of nitrogens with two attached hydrogens (primary N) is 1. The zero-order chi connectivity index (χ0) is 13.9. The third kappa shape index (κ3) is 3.40. The Bertz CT molecular complexity index is 387. The molecule has 0 amide bonds. The van der Waals surface area contributed by atoms with Gasteiger partial charge in [0.05, 0.1) is 11.1 Å². The Morgan fingerprint density at radius 1 is 1.50 bits per heavy atom. The molecule has 1 fully saturated rings. The largest absolute Gasteiger partial charge is 0.393 e. The Balaban J connectivity index is 2.74. The summed E-state index contributed by atoms with van der Waals surface area (Å²) in [6, 6.07) is 0. The maximum atomic E-state index is 12.3. The number of thiocarbonyl (C=S) groups is 1. The summed E-state index contributed by atoms with van der Waals surface area (Å²) < 4.78 is 26.1. The molecule has 0 aromatic heterocycles. The molecule has 0 aliphatic carbocycles. The molecular formula is C11H22N2O3S2. The number of nitrogens with zero attached hydrogens (tertiary/aromatic N) is 1. The van der Waals surface area contributed by atoms with E-state index in [0.29, 0.717) is 32.4 Å². The molecular weight excluding hydrogens is 272 g/mol. The van der Waals surface area contributed by atoms with Crippen molar-refractivity contribution < 1.29 is 13.5 Å². The highest BCUT2D eigenvalue weighted by molar-refractivity contribution is 7.92. The number of aliphatic hydroxyl groups is 1. The van der Waals surface area contributed by atoms with Gasteiger partial charge in [-0.1, -0.05) is 19.1 Å². The molecule has 0 saturated carbocycles. The van der Waals surface area contributed by atoms with Crippen LogP contribution in [0.15, 0.2) is 0 Å². The van der Waals surface area contributed by atoms with Crippen molar-refractivity contribution in [2.75, 3.05) is 13.1 Å². The topological polar surface area (TPSA) is 83.6 Å². The fourth-order valence-electron chi connectivity index (χ4n) is 2.35. The molecule has 3 N–H and O–H groups in total. The SMILES string of the molecule is CCC(C(N)=S)S(=O)(=O)N1CCC(C(C)O)CC1. The Labute approximate surface area is 114 Å². The third-order valence-electron chi connectivity index (χ3n) is 3.59. The molecule has 1 rings (SSSR count). The van der Waals surface area contributed by atoms with Crippen LogP contribution in [0.2, 0.25) is 0 Å². The molecule has 106 valence electrons. The second-order valence-corrected chi connectivity index (χ2v) is 7.41. The molecule has 2 unspecified atom stereocenters. The molecule has 0 radical (unpaired) electrons. The normalized spacial score (nSPS) is 22.6. The van der Waals surface area contributed by atoms with E-state index in [9.17, 15) is 13.5 Å². The van der Waals surface area contributed by atoms with Crippen LogP contribution in [0.1, 0.15) is 33.1 Å². The highest BCUT2D eigenvalue weighted by Crippen LogP contribution is 2.24. The predicted octanol–water partition coefficient (Wildman–Crippen LogP) is 0.474. The molecule has 0 aromatic carbocycles. The molecule has 1 aliphatic heterocycles. The van der Waals surface area contributed by atoms with E-state index in [-0.39, 0.29) is 17.0 Å². The lowest BCUT2D eigenvalue weighted by atomic mass is 9.93.